The van der Waals surface area contributed by atoms with Gasteiger partial charge in [-0.2, -0.15) is 0 Å². The topological polar surface area (TPSA) is 20.2 Å². The smallest absolute Gasteiger partial charge is 0.0571 e. The summed E-state index contributed by atoms with van der Waals surface area (Å²) in [6.07, 6.45) is 5.61. The zero-order valence-electron chi connectivity index (χ0n) is 12.6. The van der Waals surface area contributed by atoms with Crippen LogP contribution in [0.2, 0.25) is 0 Å². The van der Waals surface area contributed by atoms with Gasteiger partial charge in [-0.1, -0.05) is 51.5 Å². The van der Waals surface area contributed by atoms with Crippen LogP contribution in [0.4, 0.5) is 0 Å². The van der Waals surface area contributed by atoms with Crippen molar-refractivity contribution < 1.29 is 5.11 Å². The van der Waals surface area contributed by atoms with E-state index in [2.05, 4.69) is 45.0 Å². The van der Waals surface area contributed by atoms with Gasteiger partial charge in [0, 0.05) is 0 Å². The van der Waals surface area contributed by atoms with Gasteiger partial charge in [0.1, 0.15) is 0 Å². The van der Waals surface area contributed by atoms with Crippen molar-refractivity contribution in [1.29, 1.82) is 0 Å². The molecule has 1 aliphatic rings. The molecule has 1 fully saturated rings. The minimum atomic E-state index is -0.0902. The minimum Gasteiger partial charge on any atom is -0.393 e. The highest BCUT2D eigenvalue weighted by Crippen LogP contribution is 2.33. The van der Waals surface area contributed by atoms with E-state index < -0.39 is 0 Å². The highest BCUT2D eigenvalue weighted by molar-refractivity contribution is 5.25. The van der Waals surface area contributed by atoms with Gasteiger partial charge in [0.15, 0.2) is 0 Å². The lowest BCUT2D eigenvalue weighted by molar-refractivity contribution is 0.0475. The van der Waals surface area contributed by atoms with E-state index >= 15 is 0 Å². The second-order valence-electron chi connectivity index (χ2n) is 6.52. The van der Waals surface area contributed by atoms with Gasteiger partial charge < -0.3 is 5.11 Å². The summed E-state index contributed by atoms with van der Waals surface area (Å²) in [5.41, 5.74) is 2.78. The number of benzene rings is 1. The molecule has 1 aliphatic carbocycles. The average Bonchev–Trinajstić information content (AvgIpc) is 2.42. The third-order valence-electron chi connectivity index (χ3n) is 4.77. The standard InChI is InChI=1S/C18H28O/c1-4-14-7-10-18(19)17(11-14)12-15-5-8-16(9-6-15)13(2)3/h5-6,8-9,13-14,17-19H,4,7,10-12H2,1-3H3. The zero-order valence-corrected chi connectivity index (χ0v) is 12.6. The van der Waals surface area contributed by atoms with Crippen LogP contribution in [0.25, 0.3) is 0 Å². The van der Waals surface area contributed by atoms with Crippen LogP contribution in [0.1, 0.15) is 63.5 Å². The molecule has 2 rings (SSSR count). The lowest BCUT2D eigenvalue weighted by atomic mass is 9.76. The molecule has 0 heterocycles. The van der Waals surface area contributed by atoms with E-state index in [1.54, 1.807) is 0 Å². The lowest BCUT2D eigenvalue weighted by Gasteiger charge is -2.33. The van der Waals surface area contributed by atoms with Crippen LogP contribution in [0.3, 0.4) is 0 Å². The van der Waals surface area contributed by atoms with Crippen LogP contribution < -0.4 is 0 Å². The van der Waals surface area contributed by atoms with Gasteiger partial charge in [0.2, 0.25) is 0 Å². The molecule has 1 saturated carbocycles. The Kier molecular flexibility index (Phi) is 5.04. The fourth-order valence-corrected chi connectivity index (χ4v) is 3.28. The fourth-order valence-electron chi connectivity index (χ4n) is 3.28. The van der Waals surface area contributed by atoms with Gasteiger partial charge >= 0.3 is 0 Å². The van der Waals surface area contributed by atoms with Crippen molar-refractivity contribution in [3.63, 3.8) is 0 Å². The van der Waals surface area contributed by atoms with Crippen molar-refractivity contribution in [3.05, 3.63) is 35.4 Å². The van der Waals surface area contributed by atoms with Crippen molar-refractivity contribution in [2.75, 3.05) is 0 Å². The Morgan fingerprint density at radius 2 is 1.84 bits per heavy atom. The van der Waals surface area contributed by atoms with Crippen molar-refractivity contribution in [1.82, 2.24) is 0 Å². The zero-order chi connectivity index (χ0) is 13.8. The Balaban J connectivity index is 1.99. The van der Waals surface area contributed by atoms with Crippen molar-refractivity contribution in [2.24, 2.45) is 11.8 Å². The van der Waals surface area contributed by atoms with E-state index in [-0.39, 0.29) is 6.10 Å². The molecule has 1 aromatic rings. The normalized spacial score (nSPS) is 27.7. The molecule has 1 aromatic carbocycles. The number of hydrogen-bond donors (Lipinski definition) is 1. The Bertz CT molecular complexity index is 379. The van der Waals surface area contributed by atoms with Crippen molar-refractivity contribution >= 4 is 0 Å². The first-order chi connectivity index (χ1) is 9.10. The molecule has 0 aliphatic heterocycles. The SMILES string of the molecule is CCC1CCC(O)C(Cc2ccc(C(C)C)cc2)C1. The van der Waals surface area contributed by atoms with Gasteiger partial charge in [-0.3, -0.25) is 0 Å². The van der Waals surface area contributed by atoms with E-state index in [1.807, 2.05) is 0 Å². The van der Waals surface area contributed by atoms with E-state index in [0.29, 0.717) is 11.8 Å². The van der Waals surface area contributed by atoms with E-state index in [4.69, 9.17) is 0 Å². The maximum Gasteiger partial charge on any atom is 0.0571 e. The number of aliphatic hydroxyl groups excluding tert-OH is 1. The summed E-state index contributed by atoms with van der Waals surface area (Å²) in [5.74, 6) is 1.88. The molecule has 106 valence electrons. The van der Waals surface area contributed by atoms with Gasteiger partial charge in [-0.25, -0.2) is 0 Å². The van der Waals surface area contributed by atoms with E-state index in [9.17, 15) is 5.11 Å². The molecule has 19 heavy (non-hydrogen) atoms. The van der Waals surface area contributed by atoms with Gasteiger partial charge in [-0.05, 0) is 54.6 Å². The molecule has 0 amide bonds. The minimum absolute atomic E-state index is 0.0902. The van der Waals surface area contributed by atoms with Crippen LogP contribution in [0.15, 0.2) is 24.3 Å². The molecular formula is C18H28O. The monoisotopic (exact) mass is 260 g/mol. The van der Waals surface area contributed by atoms with Crippen molar-refractivity contribution in [2.45, 2.75) is 64.9 Å². The van der Waals surface area contributed by atoms with E-state index in [1.165, 1.54) is 30.4 Å². The summed E-state index contributed by atoms with van der Waals surface area (Å²) >= 11 is 0. The maximum atomic E-state index is 10.2. The van der Waals surface area contributed by atoms with Crippen LogP contribution in [-0.4, -0.2) is 11.2 Å². The molecule has 1 nitrogen and oxygen atoms in total. The molecule has 3 atom stereocenters. The Hall–Kier alpha value is -0.820. The summed E-state index contributed by atoms with van der Waals surface area (Å²) in [6, 6.07) is 8.98. The Morgan fingerprint density at radius 1 is 1.16 bits per heavy atom. The molecule has 0 aromatic heterocycles. The third kappa shape index (κ3) is 3.82. The Morgan fingerprint density at radius 3 is 2.42 bits per heavy atom. The lowest BCUT2D eigenvalue weighted by Crippen LogP contribution is -2.30. The van der Waals surface area contributed by atoms with Crippen LogP contribution in [-0.2, 0) is 6.42 Å². The first-order valence-electron chi connectivity index (χ1n) is 7.87. The number of rotatable bonds is 4. The summed E-state index contributed by atoms with van der Waals surface area (Å²) < 4.78 is 0. The van der Waals surface area contributed by atoms with Gasteiger partial charge in [0.25, 0.3) is 0 Å². The third-order valence-corrected chi connectivity index (χ3v) is 4.77. The second kappa shape index (κ2) is 6.56. The number of hydrogen-bond acceptors (Lipinski definition) is 1. The van der Waals surface area contributed by atoms with Gasteiger partial charge in [-0.15, -0.1) is 0 Å². The van der Waals surface area contributed by atoms with Crippen LogP contribution in [0.5, 0.6) is 0 Å². The highest BCUT2D eigenvalue weighted by atomic mass is 16.3. The first-order valence-corrected chi connectivity index (χ1v) is 7.87. The van der Waals surface area contributed by atoms with Crippen LogP contribution >= 0.6 is 0 Å². The quantitative estimate of drug-likeness (QED) is 0.842. The summed E-state index contributed by atoms with van der Waals surface area (Å²) in [5, 5.41) is 10.2. The predicted octanol–water partition coefficient (Wildman–Crippen LogP) is 4.54. The number of aliphatic hydroxyl groups is 1. The Labute approximate surface area is 118 Å². The first kappa shape index (κ1) is 14.6. The largest absolute Gasteiger partial charge is 0.393 e. The van der Waals surface area contributed by atoms with E-state index in [0.717, 1.165) is 18.8 Å². The van der Waals surface area contributed by atoms with Crippen LogP contribution in [0, 0.1) is 11.8 Å². The molecule has 0 radical (unpaired) electrons. The molecule has 0 bridgehead atoms. The summed E-state index contributed by atoms with van der Waals surface area (Å²) in [4.78, 5) is 0. The van der Waals surface area contributed by atoms with Crippen molar-refractivity contribution in [3.8, 4) is 0 Å². The molecule has 0 spiro atoms. The molecule has 1 N–H and O–H groups in total. The summed E-state index contributed by atoms with van der Waals surface area (Å²) in [6.45, 7) is 6.73. The summed E-state index contributed by atoms with van der Waals surface area (Å²) in [7, 11) is 0. The fraction of sp³-hybridized carbons (Fsp3) is 0.667. The molecule has 0 saturated heterocycles. The molecular weight excluding hydrogens is 232 g/mol. The second-order valence-corrected chi connectivity index (χ2v) is 6.52. The molecule has 1 heteroatoms. The average molecular weight is 260 g/mol. The van der Waals surface area contributed by atoms with Gasteiger partial charge in [0.05, 0.1) is 6.10 Å². The highest BCUT2D eigenvalue weighted by Gasteiger charge is 2.28. The maximum absolute atomic E-state index is 10.2. The predicted molar refractivity (Wildman–Crippen MR) is 81.4 cm³/mol. The molecule has 3 unspecified atom stereocenters.